The average Bonchev–Trinajstić information content (AvgIpc) is 2.73. The van der Waals surface area contributed by atoms with Gasteiger partial charge in [0.1, 0.15) is 17.9 Å². The lowest BCUT2D eigenvalue weighted by Gasteiger charge is -2.14. The fourth-order valence-corrected chi connectivity index (χ4v) is 3.61. The molecular weight excluding hydrogens is 360 g/mol. The van der Waals surface area contributed by atoms with E-state index in [9.17, 15) is 4.79 Å². The Labute approximate surface area is 170 Å². The summed E-state index contributed by atoms with van der Waals surface area (Å²) in [5.41, 5.74) is 6.73. The van der Waals surface area contributed by atoms with Crippen LogP contribution in [0, 0.1) is 13.8 Å². The summed E-state index contributed by atoms with van der Waals surface area (Å²) in [6, 6.07) is 21.8. The van der Waals surface area contributed by atoms with E-state index in [2.05, 4.69) is 45.0 Å². The second kappa shape index (κ2) is 7.96. The van der Waals surface area contributed by atoms with Crippen LogP contribution >= 0.6 is 0 Å². The van der Waals surface area contributed by atoms with Gasteiger partial charge in [0.15, 0.2) is 0 Å². The predicted octanol–water partition coefficient (Wildman–Crippen LogP) is 6.22. The van der Waals surface area contributed by atoms with Crippen molar-refractivity contribution in [1.82, 2.24) is 0 Å². The number of aryl methyl sites for hydroxylation is 3. The van der Waals surface area contributed by atoms with E-state index < -0.39 is 0 Å². The fraction of sp³-hybridized carbons (Fsp3) is 0.192. The minimum atomic E-state index is -0.360. The largest absolute Gasteiger partial charge is 0.488 e. The van der Waals surface area contributed by atoms with E-state index in [0.29, 0.717) is 12.2 Å². The smallest absolute Gasteiger partial charge is 0.336 e. The number of hydrogen-bond donors (Lipinski definition) is 0. The highest BCUT2D eigenvalue weighted by molar-refractivity contribution is 5.94. The van der Waals surface area contributed by atoms with Gasteiger partial charge < -0.3 is 9.15 Å². The molecule has 0 aliphatic carbocycles. The molecule has 3 heteroatoms. The molecule has 0 saturated carbocycles. The second-order valence-electron chi connectivity index (χ2n) is 7.37. The summed E-state index contributed by atoms with van der Waals surface area (Å²) >= 11 is 0. The van der Waals surface area contributed by atoms with Crippen LogP contribution in [0.4, 0.5) is 0 Å². The van der Waals surface area contributed by atoms with Crippen LogP contribution in [-0.2, 0) is 13.0 Å². The van der Waals surface area contributed by atoms with Crippen LogP contribution in [-0.4, -0.2) is 0 Å². The Balaban J connectivity index is 1.78. The van der Waals surface area contributed by atoms with Gasteiger partial charge in [-0.15, -0.1) is 0 Å². The highest BCUT2D eigenvalue weighted by Crippen LogP contribution is 2.33. The Morgan fingerprint density at radius 3 is 2.45 bits per heavy atom. The van der Waals surface area contributed by atoms with Crippen molar-refractivity contribution in [1.29, 1.82) is 0 Å². The normalized spacial score (nSPS) is 11.0. The lowest BCUT2D eigenvalue weighted by Crippen LogP contribution is -2.03. The minimum absolute atomic E-state index is 0.360. The first kappa shape index (κ1) is 19.0. The van der Waals surface area contributed by atoms with Crippen molar-refractivity contribution in [3.63, 3.8) is 0 Å². The maximum atomic E-state index is 12.2. The Bertz CT molecular complexity index is 1220. The lowest BCUT2D eigenvalue weighted by molar-refractivity contribution is 0.302. The van der Waals surface area contributed by atoms with Crippen LogP contribution in [0.15, 0.2) is 75.9 Å². The van der Waals surface area contributed by atoms with Gasteiger partial charge in [0.05, 0.1) is 0 Å². The molecule has 0 spiro atoms. The molecule has 146 valence electrons. The predicted molar refractivity (Wildman–Crippen MR) is 118 cm³/mol. The van der Waals surface area contributed by atoms with Crippen molar-refractivity contribution in [2.75, 3.05) is 0 Å². The van der Waals surface area contributed by atoms with Crippen LogP contribution in [0.3, 0.4) is 0 Å². The molecule has 3 nitrogen and oxygen atoms in total. The minimum Gasteiger partial charge on any atom is -0.488 e. The molecule has 0 aliphatic heterocycles. The fourth-order valence-electron chi connectivity index (χ4n) is 3.61. The molecule has 1 heterocycles. The first-order valence-corrected chi connectivity index (χ1v) is 9.90. The molecule has 0 unspecified atom stereocenters. The van der Waals surface area contributed by atoms with E-state index in [0.717, 1.165) is 39.8 Å². The van der Waals surface area contributed by atoms with Crippen LogP contribution in [0.1, 0.15) is 29.2 Å². The summed E-state index contributed by atoms with van der Waals surface area (Å²) in [4.78, 5) is 12.2. The molecule has 29 heavy (non-hydrogen) atoms. The van der Waals surface area contributed by atoms with Crippen molar-refractivity contribution >= 4 is 11.0 Å². The van der Waals surface area contributed by atoms with Crippen molar-refractivity contribution in [3.8, 4) is 16.9 Å². The molecule has 0 amide bonds. The van der Waals surface area contributed by atoms with Crippen LogP contribution < -0.4 is 10.4 Å². The van der Waals surface area contributed by atoms with Crippen molar-refractivity contribution in [2.24, 2.45) is 0 Å². The molecule has 1 aromatic heterocycles. The van der Waals surface area contributed by atoms with E-state index in [1.807, 2.05) is 36.4 Å². The standard InChI is InChI=1S/C26H24O3/c1-4-19-13-23-22(20-8-6-5-7-9-20)14-26(27)29-25(23)15-24(19)28-16-21-12-17(2)10-11-18(21)3/h5-15H,4,16H2,1-3H3. The van der Waals surface area contributed by atoms with Gasteiger partial charge in [-0.2, -0.15) is 0 Å². The summed E-state index contributed by atoms with van der Waals surface area (Å²) in [6.45, 7) is 6.75. The highest BCUT2D eigenvalue weighted by Gasteiger charge is 2.13. The topological polar surface area (TPSA) is 39.4 Å². The Morgan fingerprint density at radius 1 is 0.897 bits per heavy atom. The van der Waals surface area contributed by atoms with Gasteiger partial charge in [-0.1, -0.05) is 61.0 Å². The Morgan fingerprint density at radius 2 is 1.69 bits per heavy atom. The molecule has 0 saturated heterocycles. The van der Waals surface area contributed by atoms with Gasteiger partial charge in [-0.3, -0.25) is 0 Å². The number of ether oxygens (including phenoxy) is 1. The average molecular weight is 384 g/mol. The van der Waals surface area contributed by atoms with E-state index in [1.54, 1.807) is 6.07 Å². The van der Waals surface area contributed by atoms with Gasteiger partial charge in [0, 0.05) is 17.5 Å². The number of fused-ring (bicyclic) bond motifs is 1. The quantitative estimate of drug-likeness (QED) is 0.384. The number of hydrogen-bond acceptors (Lipinski definition) is 3. The first-order valence-electron chi connectivity index (χ1n) is 9.90. The summed E-state index contributed by atoms with van der Waals surface area (Å²) in [5, 5.41) is 0.923. The Hall–Kier alpha value is -3.33. The molecule has 4 aromatic rings. The number of rotatable bonds is 5. The zero-order valence-corrected chi connectivity index (χ0v) is 17.0. The van der Waals surface area contributed by atoms with E-state index in [-0.39, 0.29) is 5.63 Å². The number of benzene rings is 3. The summed E-state index contributed by atoms with van der Waals surface area (Å²) in [6.07, 6.45) is 0.825. The summed E-state index contributed by atoms with van der Waals surface area (Å²) in [7, 11) is 0. The zero-order chi connectivity index (χ0) is 20.4. The van der Waals surface area contributed by atoms with Gasteiger partial charge in [0.2, 0.25) is 0 Å². The Kier molecular flexibility index (Phi) is 5.22. The second-order valence-corrected chi connectivity index (χ2v) is 7.37. The molecule has 0 aliphatic rings. The van der Waals surface area contributed by atoms with Gasteiger partial charge in [-0.05, 0) is 54.2 Å². The zero-order valence-electron chi connectivity index (χ0n) is 17.0. The summed E-state index contributed by atoms with van der Waals surface area (Å²) < 4.78 is 11.7. The van der Waals surface area contributed by atoms with Crippen molar-refractivity contribution < 1.29 is 9.15 Å². The molecule has 0 radical (unpaired) electrons. The van der Waals surface area contributed by atoms with Gasteiger partial charge in [-0.25, -0.2) is 4.79 Å². The third-order valence-corrected chi connectivity index (χ3v) is 5.28. The summed E-state index contributed by atoms with van der Waals surface area (Å²) in [5.74, 6) is 0.759. The third kappa shape index (κ3) is 3.95. The maximum absolute atomic E-state index is 12.2. The van der Waals surface area contributed by atoms with Crippen LogP contribution in [0.2, 0.25) is 0 Å². The molecule has 0 fully saturated rings. The third-order valence-electron chi connectivity index (χ3n) is 5.28. The van der Waals surface area contributed by atoms with E-state index in [4.69, 9.17) is 9.15 Å². The lowest BCUT2D eigenvalue weighted by atomic mass is 9.99. The van der Waals surface area contributed by atoms with Gasteiger partial charge >= 0.3 is 5.63 Å². The first-order chi connectivity index (χ1) is 14.0. The molecule has 0 atom stereocenters. The van der Waals surface area contributed by atoms with Gasteiger partial charge in [0.25, 0.3) is 0 Å². The SMILES string of the molecule is CCc1cc2c(-c3ccccc3)cc(=O)oc2cc1OCc1cc(C)ccc1C. The highest BCUT2D eigenvalue weighted by atomic mass is 16.5. The molecule has 0 N–H and O–H groups in total. The monoisotopic (exact) mass is 384 g/mol. The maximum Gasteiger partial charge on any atom is 0.336 e. The van der Waals surface area contributed by atoms with Crippen LogP contribution in [0.25, 0.3) is 22.1 Å². The molecule has 4 rings (SSSR count). The van der Waals surface area contributed by atoms with Crippen molar-refractivity contribution in [2.45, 2.75) is 33.8 Å². The molecule has 3 aromatic carbocycles. The van der Waals surface area contributed by atoms with E-state index >= 15 is 0 Å². The van der Waals surface area contributed by atoms with Crippen molar-refractivity contribution in [3.05, 3.63) is 99.4 Å². The molecule has 0 bridgehead atoms. The van der Waals surface area contributed by atoms with E-state index in [1.165, 1.54) is 11.1 Å². The van der Waals surface area contributed by atoms with Crippen LogP contribution in [0.5, 0.6) is 5.75 Å². The molecular formula is C26H24O3.